The molecule has 1 aromatic rings. The Morgan fingerprint density at radius 2 is 2.20 bits per heavy atom. The van der Waals surface area contributed by atoms with Crippen LogP contribution in [0.4, 0.5) is 0 Å². The number of hydrogen-bond donors (Lipinski definition) is 1. The zero-order valence-electron chi connectivity index (χ0n) is 12.1. The van der Waals surface area contributed by atoms with Gasteiger partial charge in [0.15, 0.2) is 12.4 Å². The van der Waals surface area contributed by atoms with Crippen LogP contribution in [0.3, 0.4) is 0 Å². The van der Waals surface area contributed by atoms with E-state index in [1.165, 1.54) is 0 Å². The maximum atomic E-state index is 11.9. The molecule has 1 N–H and O–H groups in total. The molecule has 1 atom stereocenters. The van der Waals surface area contributed by atoms with Crippen LogP contribution in [-0.2, 0) is 9.53 Å². The summed E-state index contributed by atoms with van der Waals surface area (Å²) in [6.45, 7) is 4.63. The van der Waals surface area contributed by atoms with Gasteiger partial charge < -0.3 is 14.8 Å². The van der Waals surface area contributed by atoms with Crippen molar-refractivity contribution in [3.8, 4) is 5.75 Å². The van der Waals surface area contributed by atoms with E-state index >= 15 is 0 Å². The highest BCUT2D eigenvalue weighted by Gasteiger charge is 2.17. The number of aryl methyl sites for hydroxylation is 1. The highest BCUT2D eigenvalue weighted by atomic mass is 16.5. The monoisotopic (exact) mass is 279 g/mol. The Morgan fingerprint density at radius 1 is 1.45 bits per heavy atom. The van der Waals surface area contributed by atoms with Gasteiger partial charge in [0.05, 0.1) is 5.56 Å². The summed E-state index contributed by atoms with van der Waals surface area (Å²) in [5.41, 5.74) is 1.28. The number of ether oxygens (including phenoxy) is 2. The van der Waals surface area contributed by atoms with Gasteiger partial charge in [0.25, 0.3) is 5.91 Å². The predicted octanol–water partition coefficient (Wildman–Crippen LogP) is 1.73. The molecule has 1 amide bonds. The van der Waals surface area contributed by atoms with Gasteiger partial charge in [-0.05, 0) is 31.9 Å². The van der Waals surface area contributed by atoms with E-state index in [0.29, 0.717) is 24.5 Å². The van der Waals surface area contributed by atoms with Crippen LogP contribution in [0.1, 0.15) is 29.3 Å². The lowest BCUT2D eigenvalue weighted by Gasteiger charge is -2.17. The fourth-order valence-electron chi connectivity index (χ4n) is 1.73. The molecule has 1 aromatic carbocycles. The van der Waals surface area contributed by atoms with E-state index in [0.717, 1.165) is 18.3 Å². The highest BCUT2D eigenvalue weighted by molar-refractivity contribution is 5.83. The van der Waals surface area contributed by atoms with Crippen molar-refractivity contribution < 1.29 is 19.1 Å². The normalized spacial score (nSPS) is 11.8. The Bertz CT molecular complexity index is 459. The van der Waals surface area contributed by atoms with Crippen molar-refractivity contribution in [2.45, 2.75) is 26.4 Å². The van der Waals surface area contributed by atoms with Crippen molar-refractivity contribution in [1.82, 2.24) is 5.32 Å². The van der Waals surface area contributed by atoms with Crippen LogP contribution in [0.5, 0.6) is 5.75 Å². The summed E-state index contributed by atoms with van der Waals surface area (Å²) in [5, 5.41) is 2.76. The van der Waals surface area contributed by atoms with Crippen LogP contribution in [0, 0.1) is 6.92 Å². The summed E-state index contributed by atoms with van der Waals surface area (Å²) in [6.07, 6.45) is 0.821. The Hall–Kier alpha value is -1.88. The van der Waals surface area contributed by atoms with E-state index in [1.807, 2.05) is 13.0 Å². The SMILES string of the molecule is COCCCNC(=O)C(C)Oc1c(C)cccc1C=O. The summed E-state index contributed by atoms with van der Waals surface area (Å²) < 4.78 is 10.5. The second-order valence-corrected chi connectivity index (χ2v) is 4.51. The minimum Gasteiger partial charge on any atom is -0.480 e. The summed E-state index contributed by atoms with van der Waals surface area (Å²) in [6, 6.07) is 5.28. The molecule has 0 aromatic heterocycles. The minimum atomic E-state index is -0.655. The summed E-state index contributed by atoms with van der Waals surface area (Å²) in [5.74, 6) is 0.253. The van der Waals surface area contributed by atoms with E-state index in [-0.39, 0.29) is 5.91 Å². The molecule has 0 spiro atoms. The van der Waals surface area contributed by atoms with Crippen molar-refractivity contribution in [2.75, 3.05) is 20.3 Å². The molecule has 0 saturated heterocycles. The first-order valence-electron chi connectivity index (χ1n) is 6.58. The molecule has 0 radical (unpaired) electrons. The lowest BCUT2D eigenvalue weighted by Crippen LogP contribution is -2.37. The largest absolute Gasteiger partial charge is 0.480 e. The van der Waals surface area contributed by atoms with Crippen molar-refractivity contribution in [2.24, 2.45) is 0 Å². The molecule has 0 aliphatic rings. The van der Waals surface area contributed by atoms with Gasteiger partial charge in [-0.1, -0.05) is 12.1 Å². The fraction of sp³-hybridized carbons (Fsp3) is 0.467. The molecule has 0 aliphatic carbocycles. The Kier molecular flexibility index (Phi) is 6.73. The van der Waals surface area contributed by atoms with Crippen molar-refractivity contribution in [3.63, 3.8) is 0 Å². The Balaban J connectivity index is 2.59. The Morgan fingerprint density at radius 3 is 2.85 bits per heavy atom. The molecule has 0 heterocycles. The molecule has 0 fully saturated rings. The van der Waals surface area contributed by atoms with E-state index < -0.39 is 6.10 Å². The standard InChI is InChI=1S/C15H21NO4/c1-11-6-4-7-13(10-17)14(11)20-12(2)15(18)16-8-5-9-19-3/h4,6-7,10,12H,5,8-9H2,1-3H3,(H,16,18). The average Bonchev–Trinajstić information content (AvgIpc) is 2.45. The number of benzene rings is 1. The molecule has 0 bridgehead atoms. The number of methoxy groups -OCH3 is 1. The first-order chi connectivity index (χ1) is 9.60. The van der Waals surface area contributed by atoms with Gasteiger partial charge in [-0.15, -0.1) is 0 Å². The lowest BCUT2D eigenvalue weighted by atomic mass is 10.1. The number of carbonyl (C=O) groups excluding carboxylic acids is 2. The molecular formula is C15H21NO4. The third kappa shape index (κ3) is 4.66. The number of rotatable bonds is 8. The van der Waals surface area contributed by atoms with Gasteiger partial charge in [0.2, 0.25) is 0 Å². The van der Waals surface area contributed by atoms with Gasteiger partial charge >= 0.3 is 0 Å². The third-order valence-corrected chi connectivity index (χ3v) is 2.86. The highest BCUT2D eigenvalue weighted by Crippen LogP contribution is 2.23. The molecule has 1 rings (SSSR count). The van der Waals surface area contributed by atoms with E-state index in [4.69, 9.17) is 9.47 Å². The molecule has 1 unspecified atom stereocenters. The van der Waals surface area contributed by atoms with E-state index in [2.05, 4.69) is 5.32 Å². The van der Waals surface area contributed by atoms with Crippen LogP contribution < -0.4 is 10.1 Å². The molecule has 110 valence electrons. The second kappa shape index (κ2) is 8.32. The number of carbonyl (C=O) groups is 2. The number of amides is 1. The first-order valence-corrected chi connectivity index (χ1v) is 6.58. The van der Waals surface area contributed by atoms with Gasteiger partial charge in [0.1, 0.15) is 5.75 Å². The Labute approximate surface area is 119 Å². The summed E-state index contributed by atoms with van der Waals surface area (Å²) >= 11 is 0. The number of para-hydroxylation sites is 1. The van der Waals surface area contributed by atoms with Gasteiger partial charge in [-0.2, -0.15) is 0 Å². The van der Waals surface area contributed by atoms with Crippen LogP contribution in [0.2, 0.25) is 0 Å². The van der Waals surface area contributed by atoms with Crippen molar-refractivity contribution >= 4 is 12.2 Å². The van der Waals surface area contributed by atoms with Crippen molar-refractivity contribution in [1.29, 1.82) is 0 Å². The van der Waals surface area contributed by atoms with E-state index in [1.54, 1.807) is 26.2 Å². The molecule has 20 heavy (non-hydrogen) atoms. The van der Waals surface area contributed by atoms with Gasteiger partial charge in [-0.3, -0.25) is 9.59 Å². The van der Waals surface area contributed by atoms with E-state index in [9.17, 15) is 9.59 Å². The van der Waals surface area contributed by atoms with Crippen molar-refractivity contribution in [3.05, 3.63) is 29.3 Å². The molecular weight excluding hydrogens is 258 g/mol. The maximum Gasteiger partial charge on any atom is 0.260 e. The zero-order chi connectivity index (χ0) is 15.0. The summed E-state index contributed by atoms with van der Waals surface area (Å²) in [4.78, 5) is 22.8. The topological polar surface area (TPSA) is 64.6 Å². The molecule has 0 saturated carbocycles. The molecule has 5 nitrogen and oxygen atoms in total. The molecule has 0 aliphatic heterocycles. The number of aldehydes is 1. The minimum absolute atomic E-state index is 0.207. The number of hydrogen-bond acceptors (Lipinski definition) is 4. The van der Waals surface area contributed by atoms with Gasteiger partial charge in [0, 0.05) is 20.3 Å². The fourth-order valence-corrected chi connectivity index (χ4v) is 1.73. The van der Waals surface area contributed by atoms with Crippen LogP contribution >= 0.6 is 0 Å². The quantitative estimate of drug-likeness (QED) is 0.581. The maximum absolute atomic E-state index is 11.9. The van der Waals surface area contributed by atoms with Crippen LogP contribution in [-0.4, -0.2) is 38.6 Å². The van der Waals surface area contributed by atoms with Crippen LogP contribution in [0.25, 0.3) is 0 Å². The number of nitrogens with one attached hydrogen (secondary N) is 1. The van der Waals surface area contributed by atoms with Crippen LogP contribution in [0.15, 0.2) is 18.2 Å². The zero-order valence-corrected chi connectivity index (χ0v) is 12.1. The summed E-state index contributed by atoms with van der Waals surface area (Å²) in [7, 11) is 1.62. The predicted molar refractivity (Wildman–Crippen MR) is 76.2 cm³/mol. The van der Waals surface area contributed by atoms with Gasteiger partial charge in [-0.25, -0.2) is 0 Å². The smallest absolute Gasteiger partial charge is 0.260 e. The lowest BCUT2D eigenvalue weighted by molar-refractivity contribution is -0.127. The average molecular weight is 279 g/mol. The first kappa shape index (κ1) is 16.2. The second-order valence-electron chi connectivity index (χ2n) is 4.51. The third-order valence-electron chi connectivity index (χ3n) is 2.86. The molecule has 5 heteroatoms.